The van der Waals surface area contributed by atoms with Crippen molar-refractivity contribution >= 4 is 33.2 Å². The van der Waals surface area contributed by atoms with Gasteiger partial charge in [-0.15, -0.1) is 0 Å². The molecule has 0 bridgehead atoms. The summed E-state index contributed by atoms with van der Waals surface area (Å²) in [6.07, 6.45) is 3.29. The highest BCUT2D eigenvalue weighted by atomic mass is 79.9. The lowest BCUT2D eigenvalue weighted by Crippen LogP contribution is -1.82. The number of imidazole rings is 1. The molecule has 0 atom stereocenters. The summed E-state index contributed by atoms with van der Waals surface area (Å²) < 4.78 is 0.816. The highest BCUT2D eigenvalue weighted by molar-refractivity contribution is 9.10. The van der Waals surface area contributed by atoms with Crippen LogP contribution >= 0.6 is 15.9 Å². The van der Waals surface area contributed by atoms with Gasteiger partial charge in [0.15, 0.2) is 6.29 Å². The maximum absolute atomic E-state index is 10.8. The second kappa shape index (κ2) is 3.17. The molecule has 76 valence electrons. The van der Waals surface area contributed by atoms with Crippen molar-refractivity contribution in [2.45, 2.75) is 18.8 Å². The van der Waals surface area contributed by atoms with Crippen LogP contribution in [0.4, 0.5) is 0 Å². The number of fused-ring (bicyclic) bond motifs is 1. The lowest BCUT2D eigenvalue weighted by Gasteiger charge is -1.94. The zero-order valence-corrected chi connectivity index (χ0v) is 9.54. The molecule has 1 N–H and O–H groups in total. The number of carbonyl (C=O) groups excluding carboxylic acids is 1. The van der Waals surface area contributed by atoms with E-state index < -0.39 is 0 Å². The van der Waals surface area contributed by atoms with E-state index in [2.05, 4.69) is 25.9 Å². The Morgan fingerprint density at radius 1 is 1.47 bits per heavy atom. The number of halogens is 1. The molecule has 0 aliphatic heterocycles. The van der Waals surface area contributed by atoms with Crippen LogP contribution in [0, 0.1) is 0 Å². The summed E-state index contributed by atoms with van der Waals surface area (Å²) >= 11 is 3.36. The Bertz CT molecular complexity index is 543. The first kappa shape index (κ1) is 9.09. The van der Waals surface area contributed by atoms with Crippen molar-refractivity contribution in [2.75, 3.05) is 0 Å². The molecule has 1 aliphatic carbocycles. The van der Waals surface area contributed by atoms with E-state index in [4.69, 9.17) is 0 Å². The summed E-state index contributed by atoms with van der Waals surface area (Å²) in [6, 6.07) is 3.73. The Morgan fingerprint density at radius 3 is 2.93 bits per heavy atom. The van der Waals surface area contributed by atoms with Gasteiger partial charge in [-0.3, -0.25) is 4.79 Å². The van der Waals surface area contributed by atoms with Crippen molar-refractivity contribution in [2.24, 2.45) is 0 Å². The minimum absolute atomic E-state index is 0.607. The molecule has 2 aromatic rings. The third kappa shape index (κ3) is 1.49. The van der Waals surface area contributed by atoms with Gasteiger partial charge in [0.05, 0.1) is 11.0 Å². The van der Waals surface area contributed by atoms with Crippen molar-refractivity contribution in [1.82, 2.24) is 9.97 Å². The van der Waals surface area contributed by atoms with Crippen molar-refractivity contribution in [3.05, 3.63) is 28.0 Å². The lowest BCUT2D eigenvalue weighted by molar-refractivity contribution is 0.112. The minimum Gasteiger partial charge on any atom is -0.342 e. The van der Waals surface area contributed by atoms with Gasteiger partial charge in [-0.25, -0.2) is 4.98 Å². The monoisotopic (exact) mass is 264 g/mol. The van der Waals surface area contributed by atoms with Crippen molar-refractivity contribution < 1.29 is 4.79 Å². The molecule has 1 aromatic carbocycles. The predicted molar refractivity (Wildman–Crippen MR) is 61.2 cm³/mol. The number of aromatic nitrogens is 2. The van der Waals surface area contributed by atoms with Gasteiger partial charge in [0, 0.05) is 16.0 Å². The number of hydrogen-bond acceptors (Lipinski definition) is 2. The van der Waals surface area contributed by atoms with E-state index in [0.717, 1.165) is 27.6 Å². The third-order valence-electron chi connectivity index (χ3n) is 2.71. The van der Waals surface area contributed by atoms with Crippen LogP contribution in [-0.2, 0) is 0 Å². The summed E-state index contributed by atoms with van der Waals surface area (Å²) in [6.45, 7) is 0. The van der Waals surface area contributed by atoms with Crippen molar-refractivity contribution in [3.63, 3.8) is 0 Å². The quantitative estimate of drug-likeness (QED) is 0.848. The Balaban J connectivity index is 2.20. The van der Waals surface area contributed by atoms with Crippen molar-refractivity contribution in [1.29, 1.82) is 0 Å². The minimum atomic E-state index is 0.607. The number of aldehydes is 1. The summed E-state index contributed by atoms with van der Waals surface area (Å²) in [4.78, 5) is 18.5. The topological polar surface area (TPSA) is 45.8 Å². The van der Waals surface area contributed by atoms with E-state index in [1.807, 2.05) is 12.1 Å². The van der Waals surface area contributed by atoms with E-state index in [1.165, 1.54) is 12.8 Å². The SMILES string of the molecule is O=Cc1cc2nc(C3CC3)[nH]c2cc1Br. The number of H-pyrrole nitrogens is 1. The van der Waals surface area contributed by atoms with Gasteiger partial charge >= 0.3 is 0 Å². The first-order valence-electron chi connectivity index (χ1n) is 4.92. The fraction of sp³-hybridized carbons (Fsp3) is 0.273. The summed E-state index contributed by atoms with van der Waals surface area (Å²) in [5, 5.41) is 0. The van der Waals surface area contributed by atoms with Gasteiger partial charge in [-0.2, -0.15) is 0 Å². The molecule has 1 aromatic heterocycles. The predicted octanol–water partition coefficient (Wildman–Crippen LogP) is 3.02. The largest absolute Gasteiger partial charge is 0.342 e. The van der Waals surface area contributed by atoms with Crippen LogP contribution < -0.4 is 0 Å². The second-order valence-corrected chi connectivity index (χ2v) is 4.76. The molecule has 1 saturated carbocycles. The molecule has 15 heavy (non-hydrogen) atoms. The molecule has 0 saturated heterocycles. The summed E-state index contributed by atoms with van der Waals surface area (Å²) in [7, 11) is 0. The van der Waals surface area contributed by atoms with Crippen LogP contribution in [-0.4, -0.2) is 16.3 Å². The van der Waals surface area contributed by atoms with E-state index >= 15 is 0 Å². The van der Waals surface area contributed by atoms with Gasteiger partial charge in [0.2, 0.25) is 0 Å². The average molecular weight is 265 g/mol. The first-order chi connectivity index (χ1) is 7.28. The number of rotatable bonds is 2. The average Bonchev–Trinajstić information content (AvgIpc) is 2.99. The first-order valence-corrected chi connectivity index (χ1v) is 5.71. The Labute approximate surface area is 95.0 Å². The van der Waals surface area contributed by atoms with Crippen LogP contribution in [0.15, 0.2) is 16.6 Å². The van der Waals surface area contributed by atoms with Crippen LogP contribution in [0.2, 0.25) is 0 Å². The number of hydrogen-bond donors (Lipinski definition) is 1. The van der Waals surface area contributed by atoms with Crippen LogP contribution in [0.1, 0.15) is 34.9 Å². The Hall–Kier alpha value is -1.16. The molecule has 1 heterocycles. The number of aromatic amines is 1. The molecule has 1 aliphatic rings. The summed E-state index contributed by atoms with van der Waals surface area (Å²) in [5.74, 6) is 1.66. The van der Waals surface area contributed by atoms with E-state index in [-0.39, 0.29) is 0 Å². The fourth-order valence-electron chi connectivity index (χ4n) is 1.71. The standard InChI is InChI=1S/C11H9BrN2O/c12-8-4-10-9(3-7(8)5-15)13-11(14-10)6-1-2-6/h3-6H,1-2H2,(H,13,14). The normalized spacial score (nSPS) is 15.8. The molecule has 0 amide bonds. The molecule has 1 fully saturated rings. The Kier molecular flexibility index (Phi) is 1.92. The van der Waals surface area contributed by atoms with Gasteiger partial charge in [-0.05, 0) is 40.9 Å². The number of nitrogens with zero attached hydrogens (tertiary/aromatic N) is 1. The molecule has 3 nitrogen and oxygen atoms in total. The van der Waals surface area contributed by atoms with E-state index in [9.17, 15) is 4.79 Å². The van der Waals surface area contributed by atoms with E-state index in [0.29, 0.717) is 11.5 Å². The zero-order valence-electron chi connectivity index (χ0n) is 7.96. The summed E-state index contributed by atoms with van der Waals surface area (Å²) in [5.41, 5.74) is 2.52. The van der Waals surface area contributed by atoms with Gasteiger partial charge in [0.1, 0.15) is 5.82 Å². The molecular formula is C11H9BrN2O. The van der Waals surface area contributed by atoms with Gasteiger partial charge in [-0.1, -0.05) is 0 Å². The molecule has 0 unspecified atom stereocenters. The maximum atomic E-state index is 10.8. The number of nitrogens with one attached hydrogen (secondary N) is 1. The lowest BCUT2D eigenvalue weighted by atomic mass is 10.2. The van der Waals surface area contributed by atoms with Gasteiger partial charge < -0.3 is 4.98 Å². The van der Waals surface area contributed by atoms with Crippen LogP contribution in [0.25, 0.3) is 11.0 Å². The van der Waals surface area contributed by atoms with Crippen LogP contribution in [0.3, 0.4) is 0 Å². The maximum Gasteiger partial charge on any atom is 0.151 e. The molecule has 0 radical (unpaired) electrons. The number of carbonyl (C=O) groups is 1. The second-order valence-electron chi connectivity index (χ2n) is 3.91. The zero-order chi connectivity index (χ0) is 10.4. The fourth-order valence-corrected chi connectivity index (χ4v) is 2.14. The smallest absolute Gasteiger partial charge is 0.151 e. The highest BCUT2D eigenvalue weighted by Crippen LogP contribution is 2.39. The van der Waals surface area contributed by atoms with E-state index in [1.54, 1.807) is 0 Å². The van der Waals surface area contributed by atoms with Gasteiger partial charge in [0.25, 0.3) is 0 Å². The highest BCUT2D eigenvalue weighted by Gasteiger charge is 2.26. The number of benzene rings is 1. The molecule has 3 rings (SSSR count). The third-order valence-corrected chi connectivity index (χ3v) is 3.40. The molecule has 0 spiro atoms. The Morgan fingerprint density at radius 2 is 2.27 bits per heavy atom. The molecule has 4 heteroatoms. The molecular weight excluding hydrogens is 256 g/mol. The van der Waals surface area contributed by atoms with Crippen LogP contribution in [0.5, 0.6) is 0 Å². The van der Waals surface area contributed by atoms with Crippen molar-refractivity contribution in [3.8, 4) is 0 Å².